The van der Waals surface area contributed by atoms with Crippen LogP contribution < -0.4 is 0 Å². The molecule has 0 nitrogen and oxygen atoms in total. The molecule has 0 aromatic heterocycles. The fraction of sp³-hybridized carbons (Fsp3) is 0.368. The largest absolute Gasteiger partial charge is 0.0698 e. The molecular formula is C19H22. The first-order chi connectivity index (χ1) is 9.02. The number of hydrogen-bond acceptors (Lipinski definition) is 0. The molecule has 1 atom stereocenters. The van der Waals surface area contributed by atoms with Gasteiger partial charge in [0.2, 0.25) is 0 Å². The summed E-state index contributed by atoms with van der Waals surface area (Å²) < 4.78 is 0. The van der Waals surface area contributed by atoms with Gasteiger partial charge in [-0.3, -0.25) is 0 Å². The summed E-state index contributed by atoms with van der Waals surface area (Å²) in [6.45, 7) is 9.12. The molecule has 0 aromatic carbocycles. The predicted molar refractivity (Wildman–Crippen MR) is 82.8 cm³/mol. The van der Waals surface area contributed by atoms with E-state index in [1.165, 1.54) is 22.3 Å². The molecule has 0 heteroatoms. The van der Waals surface area contributed by atoms with Crippen LogP contribution >= 0.6 is 0 Å². The van der Waals surface area contributed by atoms with Gasteiger partial charge in [0.15, 0.2) is 0 Å². The van der Waals surface area contributed by atoms with Gasteiger partial charge in [-0.15, -0.1) is 0 Å². The van der Waals surface area contributed by atoms with Crippen molar-refractivity contribution in [2.45, 2.75) is 34.1 Å². The van der Waals surface area contributed by atoms with E-state index in [1.54, 1.807) is 5.57 Å². The van der Waals surface area contributed by atoms with Crippen molar-refractivity contribution in [3.05, 3.63) is 70.4 Å². The molecule has 0 heterocycles. The molecule has 0 bridgehead atoms. The van der Waals surface area contributed by atoms with Gasteiger partial charge in [0.05, 0.1) is 0 Å². The van der Waals surface area contributed by atoms with Crippen molar-refractivity contribution >= 4 is 0 Å². The Bertz CT molecular complexity index is 600. The van der Waals surface area contributed by atoms with Crippen LogP contribution in [0.15, 0.2) is 70.4 Å². The summed E-state index contributed by atoms with van der Waals surface area (Å²) in [4.78, 5) is 0. The zero-order chi connectivity index (χ0) is 13.6. The van der Waals surface area contributed by atoms with Crippen molar-refractivity contribution in [2.75, 3.05) is 0 Å². The third-order valence-electron chi connectivity index (χ3n) is 4.72. The van der Waals surface area contributed by atoms with Crippen molar-refractivity contribution in [2.24, 2.45) is 11.3 Å². The quantitative estimate of drug-likeness (QED) is 0.593. The highest BCUT2D eigenvalue weighted by molar-refractivity contribution is 5.62. The predicted octanol–water partition coefficient (Wildman–Crippen LogP) is 5.29. The smallest absolute Gasteiger partial charge is 0.0362 e. The summed E-state index contributed by atoms with van der Waals surface area (Å²) in [5.74, 6) is 0.639. The van der Waals surface area contributed by atoms with Gasteiger partial charge in [-0.05, 0) is 48.5 Å². The van der Waals surface area contributed by atoms with Gasteiger partial charge in [-0.2, -0.15) is 0 Å². The molecule has 19 heavy (non-hydrogen) atoms. The van der Waals surface area contributed by atoms with E-state index in [4.69, 9.17) is 0 Å². The summed E-state index contributed by atoms with van der Waals surface area (Å²) in [6, 6.07) is 0. The lowest BCUT2D eigenvalue weighted by Gasteiger charge is -2.40. The average molecular weight is 250 g/mol. The van der Waals surface area contributed by atoms with Crippen LogP contribution in [-0.4, -0.2) is 0 Å². The summed E-state index contributed by atoms with van der Waals surface area (Å²) >= 11 is 0. The minimum atomic E-state index is 0.0714. The van der Waals surface area contributed by atoms with Crippen molar-refractivity contribution in [1.29, 1.82) is 0 Å². The SMILES string of the molecule is CC1=CC=CC2(C)C1=CC=C1CC(C(C)C)=CC=C12. The molecule has 0 spiro atoms. The lowest BCUT2D eigenvalue weighted by molar-refractivity contribution is 0.603. The Morgan fingerprint density at radius 1 is 1.00 bits per heavy atom. The van der Waals surface area contributed by atoms with Crippen LogP contribution in [0.2, 0.25) is 0 Å². The van der Waals surface area contributed by atoms with Crippen LogP contribution in [0.1, 0.15) is 34.1 Å². The molecule has 0 aromatic rings. The van der Waals surface area contributed by atoms with E-state index in [0.717, 1.165) is 6.42 Å². The van der Waals surface area contributed by atoms with Crippen LogP contribution in [0.25, 0.3) is 0 Å². The van der Waals surface area contributed by atoms with E-state index >= 15 is 0 Å². The molecule has 0 saturated carbocycles. The molecular weight excluding hydrogens is 228 g/mol. The summed E-state index contributed by atoms with van der Waals surface area (Å²) in [5.41, 5.74) is 7.44. The van der Waals surface area contributed by atoms with Crippen molar-refractivity contribution in [3.8, 4) is 0 Å². The standard InChI is InChI=1S/C19H22/c1-13(2)15-7-10-18-16(12-15)8-9-17-14(3)6-5-11-19(17,18)4/h5-11,13H,12H2,1-4H3. The van der Waals surface area contributed by atoms with Gasteiger partial charge >= 0.3 is 0 Å². The topological polar surface area (TPSA) is 0 Å². The third kappa shape index (κ3) is 1.82. The van der Waals surface area contributed by atoms with Crippen LogP contribution in [0.5, 0.6) is 0 Å². The number of fused-ring (bicyclic) bond motifs is 3. The maximum atomic E-state index is 2.35. The maximum absolute atomic E-state index is 2.35. The highest BCUT2D eigenvalue weighted by atomic mass is 14.4. The number of allylic oxidation sites excluding steroid dienone is 12. The van der Waals surface area contributed by atoms with Gasteiger partial charge < -0.3 is 0 Å². The molecule has 1 unspecified atom stereocenters. The Hall–Kier alpha value is -1.56. The highest BCUT2D eigenvalue weighted by Gasteiger charge is 2.37. The molecule has 0 N–H and O–H groups in total. The molecule has 3 rings (SSSR count). The summed E-state index contributed by atoms with van der Waals surface area (Å²) in [5, 5.41) is 0. The average Bonchev–Trinajstić information content (AvgIpc) is 2.38. The van der Waals surface area contributed by atoms with Crippen LogP contribution in [0, 0.1) is 11.3 Å². The Morgan fingerprint density at radius 2 is 1.74 bits per heavy atom. The second-order valence-electron chi connectivity index (χ2n) is 6.34. The highest BCUT2D eigenvalue weighted by Crippen LogP contribution is 2.50. The van der Waals surface area contributed by atoms with Crippen molar-refractivity contribution in [1.82, 2.24) is 0 Å². The second-order valence-corrected chi connectivity index (χ2v) is 6.34. The first-order valence-electron chi connectivity index (χ1n) is 7.22. The molecule has 98 valence electrons. The molecule has 0 radical (unpaired) electrons. The van der Waals surface area contributed by atoms with Gasteiger partial charge in [-0.25, -0.2) is 0 Å². The summed E-state index contributed by atoms with van der Waals surface area (Å²) in [7, 11) is 0. The van der Waals surface area contributed by atoms with E-state index < -0.39 is 0 Å². The zero-order valence-corrected chi connectivity index (χ0v) is 12.3. The zero-order valence-electron chi connectivity index (χ0n) is 12.3. The monoisotopic (exact) mass is 250 g/mol. The minimum absolute atomic E-state index is 0.0714. The molecule has 3 aliphatic rings. The Morgan fingerprint density at radius 3 is 2.47 bits per heavy atom. The Balaban J connectivity index is 2.10. The van der Waals surface area contributed by atoms with Crippen LogP contribution in [-0.2, 0) is 0 Å². The first kappa shape index (κ1) is 12.5. The van der Waals surface area contributed by atoms with E-state index in [-0.39, 0.29) is 5.41 Å². The normalized spacial score (nSPS) is 28.8. The maximum Gasteiger partial charge on any atom is 0.0362 e. The lowest BCUT2D eigenvalue weighted by atomic mass is 9.64. The number of rotatable bonds is 1. The van der Waals surface area contributed by atoms with Crippen molar-refractivity contribution in [3.63, 3.8) is 0 Å². The molecule has 0 aliphatic heterocycles. The lowest BCUT2D eigenvalue weighted by Crippen LogP contribution is -2.27. The fourth-order valence-corrected chi connectivity index (χ4v) is 3.42. The molecule has 0 saturated heterocycles. The van der Waals surface area contributed by atoms with Gasteiger partial charge in [-0.1, -0.05) is 62.0 Å². The molecule has 3 aliphatic carbocycles. The third-order valence-corrected chi connectivity index (χ3v) is 4.72. The minimum Gasteiger partial charge on any atom is -0.0698 e. The van der Waals surface area contributed by atoms with E-state index in [2.05, 4.69) is 70.2 Å². The Kier molecular flexibility index (Phi) is 2.78. The fourth-order valence-electron chi connectivity index (χ4n) is 3.42. The van der Waals surface area contributed by atoms with Crippen LogP contribution in [0.4, 0.5) is 0 Å². The summed E-state index contributed by atoms with van der Waals surface area (Å²) in [6.07, 6.45) is 17.2. The van der Waals surface area contributed by atoms with Crippen LogP contribution in [0.3, 0.4) is 0 Å². The molecule has 0 fully saturated rings. The van der Waals surface area contributed by atoms with E-state index in [1.807, 2.05) is 0 Å². The molecule has 0 amide bonds. The number of hydrogen-bond donors (Lipinski definition) is 0. The van der Waals surface area contributed by atoms with Crippen molar-refractivity contribution < 1.29 is 0 Å². The van der Waals surface area contributed by atoms with Gasteiger partial charge in [0.25, 0.3) is 0 Å². The second kappa shape index (κ2) is 4.23. The van der Waals surface area contributed by atoms with E-state index in [0.29, 0.717) is 5.92 Å². The van der Waals surface area contributed by atoms with Gasteiger partial charge in [0, 0.05) is 5.41 Å². The Labute approximate surface area is 116 Å². The first-order valence-corrected chi connectivity index (χ1v) is 7.22. The van der Waals surface area contributed by atoms with Gasteiger partial charge in [0.1, 0.15) is 0 Å². The van der Waals surface area contributed by atoms with E-state index in [9.17, 15) is 0 Å².